The molecule has 1 aliphatic rings. The molecule has 1 heterocycles. The monoisotopic (exact) mass is 268 g/mol. The number of hydrogen-bond donors (Lipinski definition) is 2. The minimum absolute atomic E-state index is 0.376. The number of nitrogens with one attached hydrogen (secondary N) is 2. The largest absolute Gasteiger partial charge is 0.384 e. The van der Waals surface area contributed by atoms with E-state index in [2.05, 4.69) is 17.0 Å². The van der Waals surface area contributed by atoms with Crippen molar-refractivity contribution in [1.29, 1.82) is 0 Å². The fourth-order valence-electron chi connectivity index (χ4n) is 2.11. The Morgan fingerprint density at radius 1 is 1.33 bits per heavy atom. The van der Waals surface area contributed by atoms with Crippen molar-refractivity contribution in [1.82, 2.24) is 4.72 Å². The molecule has 5 heteroatoms. The van der Waals surface area contributed by atoms with Gasteiger partial charge in [0.25, 0.3) is 0 Å². The van der Waals surface area contributed by atoms with E-state index >= 15 is 0 Å². The van der Waals surface area contributed by atoms with E-state index in [1.54, 1.807) is 12.1 Å². The third-order valence-corrected chi connectivity index (χ3v) is 4.63. The number of anilines is 1. The minimum atomic E-state index is -3.34. The maximum absolute atomic E-state index is 12.1. The average Bonchev–Trinajstić information content (AvgIpc) is 2.82. The van der Waals surface area contributed by atoms with E-state index in [0.717, 1.165) is 43.5 Å². The van der Waals surface area contributed by atoms with Gasteiger partial charge in [-0.1, -0.05) is 19.8 Å². The molecule has 0 atom stereocenters. The predicted molar refractivity (Wildman–Crippen MR) is 73.3 cm³/mol. The van der Waals surface area contributed by atoms with Gasteiger partial charge in [-0.2, -0.15) is 0 Å². The second-order valence-electron chi connectivity index (χ2n) is 4.60. The van der Waals surface area contributed by atoms with Crippen molar-refractivity contribution in [2.24, 2.45) is 0 Å². The van der Waals surface area contributed by atoms with Crippen LogP contribution in [0.15, 0.2) is 23.1 Å². The van der Waals surface area contributed by atoms with Gasteiger partial charge in [-0.05, 0) is 36.6 Å². The third-order valence-electron chi connectivity index (χ3n) is 3.17. The number of hydrogen-bond acceptors (Lipinski definition) is 3. The summed E-state index contributed by atoms with van der Waals surface area (Å²) in [5.74, 6) is 0. The number of unbranched alkanes of at least 4 members (excludes halogenated alkanes) is 2. The van der Waals surface area contributed by atoms with E-state index in [4.69, 9.17) is 0 Å². The molecule has 2 rings (SSSR count). The molecular weight excluding hydrogens is 248 g/mol. The summed E-state index contributed by atoms with van der Waals surface area (Å²) in [5.41, 5.74) is 2.14. The van der Waals surface area contributed by atoms with Crippen molar-refractivity contribution >= 4 is 15.7 Å². The van der Waals surface area contributed by atoms with Crippen molar-refractivity contribution in [3.05, 3.63) is 23.8 Å². The first-order valence-corrected chi connectivity index (χ1v) is 7.98. The fraction of sp³-hybridized carbons (Fsp3) is 0.538. The van der Waals surface area contributed by atoms with Crippen molar-refractivity contribution in [2.45, 2.75) is 37.5 Å². The first kappa shape index (κ1) is 13.4. The molecule has 1 aliphatic heterocycles. The minimum Gasteiger partial charge on any atom is -0.384 e. The Bertz CT molecular complexity index is 512. The summed E-state index contributed by atoms with van der Waals surface area (Å²) in [4.78, 5) is 0.376. The molecule has 2 N–H and O–H groups in total. The van der Waals surface area contributed by atoms with Gasteiger partial charge < -0.3 is 5.32 Å². The maximum atomic E-state index is 12.1. The summed E-state index contributed by atoms with van der Waals surface area (Å²) in [5, 5.41) is 3.22. The van der Waals surface area contributed by atoms with Crippen LogP contribution in [0, 0.1) is 0 Å². The lowest BCUT2D eigenvalue weighted by Crippen LogP contribution is -2.24. The van der Waals surface area contributed by atoms with Crippen molar-refractivity contribution in [3.8, 4) is 0 Å². The van der Waals surface area contributed by atoms with Crippen LogP contribution in [0.25, 0.3) is 0 Å². The smallest absolute Gasteiger partial charge is 0.240 e. The van der Waals surface area contributed by atoms with Crippen LogP contribution >= 0.6 is 0 Å². The lowest BCUT2D eigenvalue weighted by atomic mass is 10.2. The summed E-state index contributed by atoms with van der Waals surface area (Å²) < 4.78 is 26.8. The second kappa shape index (κ2) is 5.71. The molecule has 0 amide bonds. The van der Waals surface area contributed by atoms with Crippen molar-refractivity contribution < 1.29 is 8.42 Å². The quantitative estimate of drug-likeness (QED) is 0.777. The van der Waals surface area contributed by atoms with E-state index in [-0.39, 0.29) is 0 Å². The van der Waals surface area contributed by atoms with Crippen LogP contribution in [0.1, 0.15) is 31.7 Å². The van der Waals surface area contributed by atoms with Gasteiger partial charge in [-0.3, -0.25) is 0 Å². The third kappa shape index (κ3) is 3.03. The Balaban J connectivity index is 2.05. The molecule has 0 saturated carbocycles. The van der Waals surface area contributed by atoms with E-state index < -0.39 is 10.0 Å². The van der Waals surface area contributed by atoms with Crippen molar-refractivity contribution in [2.75, 3.05) is 18.4 Å². The summed E-state index contributed by atoms with van der Waals surface area (Å²) in [7, 11) is -3.34. The molecule has 0 unspecified atom stereocenters. The number of fused-ring (bicyclic) bond motifs is 1. The standard InChI is InChI=1S/C13H20N2O2S/c1-2-3-4-8-15-18(16,17)12-5-6-13-11(10-12)7-9-14-13/h5-6,10,14-15H,2-4,7-9H2,1H3. The summed E-state index contributed by atoms with van der Waals surface area (Å²) in [6.45, 7) is 3.51. The first-order valence-electron chi connectivity index (χ1n) is 6.50. The van der Waals surface area contributed by atoms with E-state index in [1.807, 2.05) is 6.07 Å². The van der Waals surface area contributed by atoms with Crippen LogP contribution in [0.4, 0.5) is 5.69 Å². The zero-order chi connectivity index (χ0) is 13.0. The van der Waals surface area contributed by atoms with Crippen LogP contribution in [0.5, 0.6) is 0 Å². The van der Waals surface area contributed by atoms with Crippen LogP contribution in [-0.2, 0) is 16.4 Å². The first-order chi connectivity index (χ1) is 8.63. The van der Waals surface area contributed by atoms with Gasteiger partial charge >= 0.3 is 0 Å². The molecule has 1 aromatic carbocycles. The normalized spacial score (nSPS) is 14.3. The Morgan fingerprint density at radius 2 is 2.17 bits per heavy atom. The van der Waals surface area contributed by atoms with Crippen LogP contribution in [0.2, 0.25) is 0 Å². The summed E-state index contributed by atoms with van der Waals surface area (Å²) in [6.07, 6.45) is 3.93. The van der Waals surface area contributed by atoms with Gasteiger partial charge in [-0.15, -0.1) is 0 Å². The van der Waals surface area contributed by atoms with E-state index in [0.29, 0.717) is 11.4 Å². The lowest BCUT2D eigenvalue weighted by molar-refractivity contribution is 0.576. The number of benzene rings is 1. The van der Waals surface area contributed by atoms with Gasteiger partial charge in [0.05, 0.1) is 4.90 Å². The van der Waals surface area contributed by atoms with Gasteiger partial charge in [-0.25, -0.2) is 13.1 Å². The molecule has 0 spiro atoms. The SMILES string of the molecule is CCCCCNS(=O)(=O)c1ccc2c(c1)CCN2. The van der Waals surface area contributed by atoms with Gasteiger partial charge in [0.2, 0.25) is 10.0 Å². The molecular formula is C13H20N2O2S. The van der Waals surface area contributed by atoms with E-state index in [9.17, 15) is 8.42 Å². The fourth-order valence-corrected chi connectivity index (χ4v) is 3.24. The molecule has 0 radical (unpaired) electrons. The van der Waals surface area contributed by atoms with Crippen LogP contribution in [0.3, 0.4) is 0 Å². The predicted octanol–water partition coefficient (Wildman–Crippen LogP) is 2.12. The van der Waals surface area contributed by atoms with Crippen LogP contribution < -0.4 is 10.0 Å². The highest BCUT2D eigenvalue weighted by molar-refractivity contribution is 7.89. The molecule has 0 bridgehead atoms. The Kier molecular flexibility index (Phi) is 4.24. The number of rotatable bonds is 6. The zero-order valence-electron chi connectivity index (χ0n) is 10.7. The highest BCUT2D eigenvalue weighted by atomic mass is 32.2. The Hall–Kier alpha value is -1.07. The second-order valence-corrected chi connectivity index (χ2v) is 6.37. The molecule has 1 aromatic rings. The summed E-state index contributed by atoms with van der Waals surface area (Å²) in [6, 6.07) is 5.29. The lowest BCUT2D eigenvalue weighted by Gasteiger charge is -2.08. The van der Waals surface area contributed by atoms with Gasteiger partial charge in [0.1, 0.15) is 0 Å². The molecule has 0 fully saturated rings. The molecule has 4 nitrogen and oxygen atoms in total. The topological polar surface area (TPSA) is 58.2 Å². The van der Waals surface area contributed by atoms with Crippen LogP contribution in [-0.4, -0.2) is 21.5 Å². The average molecular weight is 268 g/mol. The maximum Gasteiger partial charge on any atom is 0.240 e. The van der Waals surface area contributed by atoms with Gasteiger partial charge in [0.15, 0.2) is 0 Å². The molecule has 100 valence electrons. The molecule has 18 heavy (non-hydrogen) atoms. The molecule has 0 aromatic heterocycles. The highest BCUT2D eigenvalue weighted by Gasteiger charge is 2.17. The molecule has 0 saturated heterocycles. The summed E-state index contributed by atoms with van der Waals surface area (Å²) >= 11 is 0. The van der Waals surface area contributed by atoms with Gasteiger partial charge in [0, 0.05) is 18.8 Å². The highest BCUT2D eigenvalue weighted by Crippen LogP contribution is 2.24. The van der Waals surface area contributed by atoms with E-state index in [1.165, 1.54) is 0 Å². The Labute approximate surface area is 109 Å². The Morgan fingerprint density at radius 3 is 2.94 bits per heavy atom. The van der Waals surface area contributed by atoms with Crippen molar-refractivity contribution in [3.63, 3.8) is 0 Å². The number of sulfonamides is 1. The zero-order valence-corrected chi connectivity index (χ0v) is 11.5. The molecule has 0 aliphatic carbocycles.